The van der Waals surface area contributed by atoms with Crippen molar-refractivity contribution in [3.8, 4) is 0 Å². The highest BCUT2D eigenvalue weighted by Gasteiger charge is 2.07. The lowest BCUT2D eigenvalue weighted by Crippen LogP contribution is -2.11. The van der Waals surface area contributed by atoms with Crippen LogP contribution in [0.3, 0.4) is 0 Å². The molecule has 0 saturated heterocycles. The first-order chi connectivity index (χ1) is 11.2. The molecule has 2 aromatic heterocycles. The molecule has 0 unspecified atom stereocenters. The van der Waals surface area contributed by atoms with E-state index < -0.39 is 0 Å². The van der Waals surface area contributed by atoms with E-state index in [2.05, 4.69) is 25.4 Å². The maximum Gasteiger partial charge on any atom is 0.156 e. The quantitative estimate of drug-likeness (QED) is 0.675. The number of rotatable bonds is 6. The van der Waals surface area contributed by atoms with Gasteiger partial charge in [-0.1, -0.05) is 12.1 Å². The van der Waals surface area contributed by atoms with E-state index in [0.717, 1.165) is 47.9 Å². The molecule has 7 nitrogen and oxygen atoms in total. The number of nitrogens with zero attached hydrogens (tertiary/aromatic N) is 5. The van der Waals surface area contributed by atoms with Gasteiger partial charge in [0.05, 0.1) is 5.52 Å². The highest BCUT2D eigenvalue weighted by Crippen LogP contribution is 2.20. The first-order valence-corrected chi connectivity index (χ1v) is 7.66. The number of anilines is 1. The lowest BCUT2D eigenvalue weighted by Gasteiger charge is -2.10. The zero-order chi connectivity index (χ0) is 16.2. The van der Waals surface area contributed by atoms with Crippen LogP contribution in [0.4, 0.5) is 5.82 Å². The summed E-state index contributed by atoms with van der Waals surface area (Å²) in [4.78, 5) is 13.0. The van der Waals surface area contributed by atoms with E-state index in [0.29, 0.717) is 5.82 Å². The summed E-state index contributed by atoms with van der Waals surface area (Å²) < 4.78 is 1.91. The number of fused-ring (bicyclic) bond motifs is 1. The number of aromatic nitrogens is 5. The molecule has 23 heavy (non-hydrogen) atoms. The minimum atomic E-state index is -0.170. The van der Waals surface area contributed by atoms with Crippen LogP contribution in [-0.4, -0.2) is 36.4 Å². The minimum Gasteiger partial charge on any atom is -0.388 e. The third-order valence-electron chi connectivity index (χ3n) is 3.59. The van der Waals surface area contributed by atoms with Crippen molar-refractivity contribution < 1.29 is 5.11 Å². The van der Waals surface area contributed by atoms with Crippen molar-refractivity contribution in [1.82, 2.24) is 24.7 Å². The van der Waals surface area contributed by atoms with Crippen LogP contribution >= 0.6 is 0 Å². The van der Waals surface area contributed by atoms with Gasteiger partial charge in [-0.3, -0.25) is 4.68 Å². The van der Waals surface area contributed by atoms with Gasteiger partial charge >= 0.3 is 0 Å². The second kappa shape index (κ2) is 6.70. The number of aliphatic hydroxyl groups is 1. The van der Waals surface area contributed by atoms with Crippen molar-refractivity contribution in [1.29, 1.82) is 0 Å². The first-order valence-electron chi connectivity index (χ1n) is 7.66. The zero-order valence-electron chi connectivity index (χ0n) is 13.3. The SMILES string of the molecule is Cc1nc(C)n(CCCNc2nc(CO)nc3ccccc23)n1. The monoisotopic (exact) mass is 312 g/mol. The fourth-order valence-electron chi connectivity index (χ4n) is 2.54. The van der Waals surface area contributed by atoms with Crippen molar-refractivity contribution in [3.63, 3.8) is 0 Å². The Kier molecular flexibility index (Phi) is 4.47. The summed E-state index contributed by atoms with van der Waals surface area (Å²) in [6.45, 7) is 5.24. The van der Waals surface area contributed by atoms with Crippen LogP contribution < -0.4 is 5.32 Å². The van der Waals surface area contributed by atoms with Crippen molar-refractivity contribution in [2.45, 2.75) is 33.4 Å². The van der Waals surface area contributed by atoms with Crippen LogP contribution in [0.5, 0.6) is 0 Å². The zero-order valence-corrected chi connectivity index (χ0v) is 13.3. The molecule has 2 N–H and O–H groups in total. The van der Waals surface area contributed by atoms with Gasteiger partial charge in [-0.15, -0.1) is 0 Å². The molecule has 2 heterocycles. The molecule has 7 heteroatoms. The van der Waals surface area contributed by atoms with Gasteiger partial charge in [-0.25, -0.2) is 15.0 Å². The Balaban J connectivity index is 1.68. The van der Waals surface area contributed by atoms with Gasteiger partial charge in [0.1, 0.15) is 24.1 Å². The van der Waals surface area contributed by atoms with E-state index in [-0.39, 0.29) is 6.61 Å². The van der Waals surface area contributed by atoms with Crippen LogP contribution in [0, 0.1) is 13.8 Å². The number of nitrogens with one attached hydrogen (secondary N) is 1. The fourth-order valence-corrected chi connectivity index (χ4v) is 2.54. The van der Waals surface area contributed by atoms with Crippen molar-refractivity contribution in [2.24, 2.45) is 0 Å². The molecular formula is C16H20N6O. The lowest BCUT2D eigenvalue weighted by molar-refractivity contribution is 0.272. The summed E-state index contributed by atoms with van der Waals surface area (Å²) in [5, 5.41) is 17.9. The molecule has 120 valence electrons. The van der Waals surface area contributed by atoms with Gasteiger partial charge in [0.2, 0.25) is 0 Å². The Morgan fingerprint density at radius 2 is 1.96 bits per heavy atom. The minimum absolute atomic E-state index is 0.170. The van der Waals surface area contributed by atoms with E-state index in [4.69, 9.17) is 0 Å². The molecule has 0 bridgehead atoms. The Bertz CT molecular complexity index is 813. The van der Waals surface area contributed by atoms with Crippen LogP contribution in [0.1, 0.15) is 23.9 Å². The maximum absolute atomic E-state index is 9.30. The number of hydrogen-bond donors (Lipinski definition) is 2. The molecule has 0 spiro atoms. The molecule has 0 radical (unpaired) electrons. The second-order valence-electron chi connectivity index (χ2n) is 5.37. The van der Waals surface area contributed by atoms with Crippen molar-refractivity contribution in [3.05, 3.63) is 41.7 Å². The van der Waals surface area contributed by atoms with Gasteiger partial charge < -0.3 is 10.4 Å². The number of hydrogen-bond acceptors (Lipinski definition) is 6. The number of para-hydroxylation sites is 1. The van der Waals surface area contributed by atoms with Crippen LogP contribution in [0.25, 0.3) is 10.9 Å². The second-order valence-corrected chi connectivity index (χ2v) is 5.37. The molecule has 1 aromatic carbocycles. The van der Waals surface area contributed by atoms with Gasteiger partial charge in [0, 0.05) is 18.5 Å². The molecule has 0 aliphatic carbocycles. The summed E-state index contributed by atoms with van der Waals surface area (Å²) in [5.74, 6) is 2.91. The lowest BCUT2D eigenvalue weighted by atomic mass is 10.2. The van der Waals surface area contributed by atoms with E-state index >= 15 is 0 Å². The van der Waals surface area contributed by atoms with Crippen LogP contribution in [0.15, 0.2) is 24.3 Å². The summed E-state index contributed by atoms with van der Waals surface area (Å²) in [6, 6.07) is 7.78. The normalized spacial score (nSPS) is 11.1. The summed E-state index contributed by atoms with van der Waals surface area (Å²) in [6.07, 6.45) is 0.899. The smallest absolute Gasteiger partial charge is 0.156 e. The van der Waals surface area contributed by atoms with E-state index in [1.807, 2.05) is 42.8 Å². The molecule has 0 atom stereocenters. The molecule has 3 rings (SSSR count). The Morgan fingerprint density at radius 3 is 2.70 bits per heavy atom. The van der Waals surface area contributed by atoms with Gasteiger partial charge in [0.15, 0.2) is 5.82 Å². The third-order valence-corrected chi connectivity index (χ3v) is 3.59. The number of benzene rings is 1. The molecule has 3 aromatic rings. The predicted octanol–water partition coefficient (Wildman–Crippen LogP) is 1.83. The Labute approximate surface area is 134 Å². The average Bonchev–Trinajstić information content (AvgIpc) is 2.88. The topological polar surface area (TPSA) is 88.8 Å². The van der Waals surface area contributed by atoms with Gasteiger partial charge in [-0.05, 0) is 32.4 Å². The predicted molar refractivity (Wildman–Crippen MR) is 88.1 cm³/mol. The molecular weight excluding hydrogens is 292 g/mol. The Morgan fingerprint density at radius 1 is 1.13 bits per heavy atom. The van der Waals surface area contributed by atoms with Gasteiger partial charge in [-0.2, -0.15) is 5.10 Å². The highest BCUT2D eigenvalue weighted by atomic mass is 16.3. The number of aryl methyl sites for hydroxylation is 3. The summed E-state index contributed by atoms with van der Waals surface area (Å²) in [7, 11) is 0. The van der Waals surface area contributed by atoms with E-state index in [9.17, 15) is 5.11 Å². The maximum atomic E-state index is 9.30. The Hall–Kier alpha value is -2.54. The average molecular weight is 312 g/mol. The van der Waals surface area contributed by atoms with Crippen molar-refractivity contribution in [2.75, 3.05) is 11.9 Å². The van der Waals surface area contributed by atoms with Gasteiger partial charge in [0.25, 0.3) is 0 Å². The largest absolute Gasteiger partial charge is 0.388 e. The molecule has 0 fully saturated rings. The third kappa shape index (κ3) is 3.45. The summed E-state index contributed by atoms with van der Waals surface area (Å²) in [5.41, 5.74) is 0.830. The number of aliphatic hydroxyl groups excluding tert-OH is 1. The van der Waals surface area contributed by atoms with Crippen molar-refractivity contribution >= 4 is 16.7 Å². The molecule has 0 aliphatic rings. The highest BCUT2D eigenvalue weighted by molar-refractivity contribution is 5.88. The van der Waals surface area contributed by atoms with E-state index in [1.165, 1.54) is 0 Å². The fraction of sp³-hybridized carbons (Fsp3) is 0.375. The first kappa shape index (κ1) is 15.4. The van der Waals surface area contributed by atoms with E-state index in [1.54, 1.807) is 0 Å². The molecule has 0 saturated carbocycles. The molecule has 0 aliphatic heterocycles. The van der Waals surface area contributed by atoms with Crippen LogP contribution in [-0.2, 0) is 13.2 Å². The standard InChI is InChI=1S/C16H20N6O/c1-11-18-12(2)22(21-11)9-5-8-17-16-13-6-3-4-7-14(13)19-15(10-23)20-16/h3-4,6-7,23H,5,8-10H2,1-2H3,(H,17,19,20). The molecule has 0 amide bonds. The van der Waals surface area contributed by atoms with Crippen LogP contribution in [0.2, 0.25) is 0 Å². The summed E-state index contributed by atoms with van der Waals surface area (Å²) >= 11 is 0.